The highest BCUT2D eigenvalue weighted by atomic mass is 32.2. The average molecular weight is 399 g/mol. The number of hydrogen-bond acceptors (Lipinski definition) is 4. The summed E-state index contributed by atoms with van der Waals surface area (Å²) in [4.78, 5) is 6.15. The molecule has 0 amide bonds. The van der Waals surface area contributed by atoms with Gasteiger partial charge in [-0.1, -0.05) is 12.1 Å². The van der Waals surface area contributed by atoms with Crippen molar-refractivity contribution >= 4 is 21.1 Å². The zero-order valence-electron chi connectivity index (χ0n) is 14.1. The molecule has 1 atom stereocenters. The van der Waals surface area contributed by atoms with E-state index in [9.17, 15) is 26.7 Å². The molecule has 0 radical (unpaired) electrons. The number of alkyl halides is 3. The Balaban J connectivity index is 1.97. The maximum absolute atomic E-state index is 12.9. The van der Waals surface area contributed by atoms with Crippen molar-refractivity contribution in [2.75, 3.05) is 6.54 Å². The topological polar surface area (TPSA) is 95.1 Å². The summed E-state index contributed by atoms with van der Waals surface area (Å²) in [5.74, 6) is 0. The van der Waals surface area contributed by atoms with E-state index in [1.807, 2.05) is 0 Å². The van der Waals surface area contributed by atoms with Crippen LogP contribution in [0.1, 0.15) is 12.6 Å². The number of aromatic amines is 1. The van der Waals surface area contributed by atoms with Gasteiger partial charge in [0.25, 0.3) is 0 Å². The summed E-state index contributed by atoms with van der Waals surface area (Å²) in [6.07, 6.45) is -3.98. The van der Waals surface area contributed by atoms with Crippen molar-refractivity contribution in [2.24, 2.45) is 0 Å². The number of nitrogens with one attached hydrogen (secondary N) is 2. The molecule has 0 aliphatic heterocycles. The van der Waals surface area contributed by atoms with Gasteiger partial charge < -0.3 is 10.1 Å². The first-order chi connectivity index (χ1) is 12.6. The van der Waals surface area contributed by atoms with Gasteiger partial charge in [0, 0.05) is 18.1 Å². The zero-order valence-corrected chi connectivity index (χ0v) is 14.9. The average Bonchev–Trinajstić information content (AvgIpc) is 3.05. The fourth-order valence-electron chi connectivity index (χ4n) is 2.56. The second-order valence-corrected chi connectivity index (χ2v) is 7.79. The first kappa shape index (κ1) is 19.3. The predicted molar refractivity (Wildman–Crippen MR) is 93.4 cm³/mol. The Hall–Kier alpha value is -2.43. The largest absolute Gasteiger partial charge is 0.431 e. The highest BCUT2D eigenvalue weighted by Gasteiger charge is 2.33. The van der Waals surface area contributed by atoms with E-state index in [1.54, 1.807) is 6.07 Å². The van der Waals surface area contributed by atoms with E-state index >= 15 is 0 Å². The Kier molecular flexibility index (Phi) is 4.98. The Bertz CT molecular complexity index is 1060. The fourth-order valence-corrected chi connectivity index (χ4v) is 3.68. The lowest BCUT2D eigenvalue weighted by Gasteiger charge is -2.09. The van der Waals surface area contributed by atoms with Gasteiger partial charge in [-0.2, -0.15) is 13.2 Å². The minimum atomic E-state index is -4.52. The monoisotopic (exact) mass is 399 g/mol. The first-order valence-corrected chi connectivity index (χ1v) is 9.39. The van der Waals surface area contributed by atoms with Crippen LogP contribution in [-0.4, -0.2) is 36.1 Å². The van der Waals surface area contributed by atoms with Crippen LogP contribution in [-0.2, 0) is 16.2 Å². The van der Waals surface area contributed by atoms with Crippen LogP contribution in [0.4, 0.5) is 13.2 Å². The van der Waals surface area contributed by atoms with E-state index in [4.69, 9.17) is 0 Å². The minimum Gasteiger partial charge on any atom is -0.392 e. The molecule has 2 aromatic heterocycles. The summed E-state index contributed by atoms with van der Waals surface area (Å²) < 4.78 is 65.3. The molecule has 0 aliphatic carbocycles. The van der Waals surface area contributed by atoms with Crippen LogP contribution in [0.25, 0.3) is 22.2 Å². The molecule has 0 aliphatic rings. The van der Waals surface area contributed by atoms with Crippen LogP contribution < -0.4 is 4.72 Å². The summed E-state index contributed by atoms with van der Waals surface area (Å²) >= 11 is 0. The minimum absolute atomic E-state index is 0.0118. The van der Waals surface area contributed by atoms with Crippen molar-refractivity contribution in [3.8, 4) is 11.1 Å². The molecule has 3 aromatic rings. The number of sulfonamides is 1. The van der Waals surface area contributed by atoms with Gasteiger partial charge in [0.15, 0.2) is 0 Å². The quantitative estimate of drug-likeness (QED) is 0.615. The van der Waals surface area contributed by atoms with E-state index in [0.29, 0.717) is 11.1 Å². The van der Waals surface area contributed by atoms with Crippen molar-refractivity contribution in [2.45, 2.75) is 24.1 Å². The SMILES string of the molecule is C[C@@H](O)CNS(=O)(=O)c1ccc(-c2ccnc3[nH]c(C(F)(F)F)cc23)cc1. The number of rotatable bonds is 5. The van der Waals surface area contributed by atoms with Crippen LogP contribution in [0.3, 0.4) is 0 Å². The van der Waals surface area contributed by atoms with E-state index in [2.05, 4.69) is 14.7 Å². The number of aliphatic hydroxyl groups is 1. The van der Waals surface area contributed by atoms with Crippen molar-refractivity contribution < 1.29 is 26.7 Å². The molecule has 3 N–H and O–H groups in total. The van der Waals surface area contributed by atoms with E-state index in [1.165, 1.54) is 37.4 Å². The van der Waals surface area contributed by atoms with Gasteiger partial charge in [-0.05, 0) is 42.3 Å². The van der Waals surface area contributed by atoms with Crippen molar-refractivity contribution in [3.63, 3.8) is 0 Å². The van der Waals surface area contributed by atoms with Crippen LogP contribution in [0.2, 0.25) is 0 Å². The first-order valence-electron chi connectivity index (χ1n) is 7.91. The number of hydrogen-bond donors (Lipinski definition) is 3. The Morgan fingerprint density at radius 3 is 2.48 bits per heavy atom. The molecule has 0 saturated carbocycles. The van der Waals surface area contributed by atoms with Gasteiger partial charge in [-0.25, -0.2) is 18.1 Å². The Labute approximate surface area is 153 Å². The van der Waals surface area contributed by atoms with Gasteiger partial charge in [-0.15, -0.1) is 0 Å². The summed E-state index contributed by atoms with van der Waals surface area (Å²) in [6.45, 7) is 1.32. The normalized spacial score (nSPS) is 13.8. The summed E-state index contributed by atoms with van der Waals surface area (Å²) in [5.41, 5.74) is 0.228. The van der Waals surface area contributed by atoms with E-state index < -0.39 is 28.0 Å². The summed E-state index contributed by atoms with van der Waals surface area (Å²) in [6, 6.07) is 8.25. The van der Waals surface area contributed by atoms with Gasteiger partial charge >= 0.3 is 6.18 Å². The molecule has 6 nitrogen and oxygen atoms in total. The number of H-pyrrole nitrogens is 1. The van der Waals surface area contributed by atoms with Gasteiger partial charge in [0.2, 0.25) is 10.0 Å². The number of fused-ring (bicyclic) bond motifs is 1. The van der Waals surface area contributed by atoms with Crippen molar-refractivity contribution in [3.05, 3.63) is 48.3 Å². The predicted octanol–water partition coefficient (Wildman–Crippen LogP) is 2.91. The highest BCUT2D eigenvalue weighted by Crippen LogP contribution is 2.34. The number of pyridine rings is 1. The third-order valence-corrected chi connectivity index (χ3v) is 5.32. The molecule has 0 fully saturated rings. The second-order valence-electron chi connectivity index (χ2n) is 6.03. The second kappa shape index (κ2) is 6.95. The standard InChI is InChI=1S/C17H16F3N3O3S/c1-10(24)9-22-27(25,26)12-4-2-11(3-5-12)13-6-7-21-16-14(13)8-15(23-16)17(18,19)20/h2-8,10,22,24H,9H2,1H3,(H,21,23)/t10-/m1/s1. The number of aliphatic hydroxyl groups excluding tert-OH is 1. The smallest absolute Gasteiger partial charge is 0.392 e. The maximum Gasteiger partial charge on any atom is 0.431 e. The molecule has 0 spiro atoms. The van der Waals surface area contributed by atoms with Crippen molar-refractivity contribution in [1.29, 1.82) is 0 Å². The lowest BCUT2D eigenvalue weighted by atomic mass is 10.0. The third-order valence-electron chi connectivity index (χ3n) is 3.88. The van der Waals surface area contributed by atoms with Crippen LogP contribution in [0.5, 0.6) is 0 Å². The van der Waals surface area contributed by atoms with Crippen LogP contribution in [0, 0.1) is 0 Å². The van der Waals surface area contributed by atoms with Crippen molar-refractivity contribution in [1.82, 2.24) is 14.7 Å². The molecule has 1 aromatic carbocycles. The molecular formula is C17H16F3N3O3S. The number of benzene rings is 1. The Morgan fingerprint density at radius 1 is 1.22 bits per heavy atom. The fraction of sp³-hybridized carbons (Fsp3) is 0.235. The lowest BCUT2D eigenvalue weighted by molar-refractivity contribution is -0.140. The molecule has 3 rings (SSSR count). The highest BCUT2D eigenvalue weighted by molar-refractivity contribution is 7.89. The Morgan fingerprint density at radius 2 is 1.89 bits per heavy atom. The molecule has 0 saturated heterocycles. The third kappa shape index (κ3) is 4.12. The van der Waals surface area contributed by atoms with Crippen LogP contribution >= 0.6 is 0 Å². The molecule has 2 heterocycles. The molecule has 27 heavy (non-hydrogen) atoms. The number of halogens is 3. The van der Waals surface area contributed by atoms with Gasteiger partial charge in [0.1, 0.15) is 11.3 Å². The number of nitrogens with zero attached hydrogens (tertiary/aromatic N) is 1. The molecular weight excluding hydrogens is 383 g/mol. The number of aromatic nitrogens is 2. The summed E-state index contributed by atoms with van der Waals surface area (Å²) in [7, 11) is -3.79. The molecule has 0 unspecified atom stereocenters. The van der Waals surface area contributed by atoms with Gasteiger partial charge in [-0.3, -0.25) is 0 Å². The summed E-state index contributed by atoms with van der Waals surface area (Å²) in [5, 5.41) is 9.48. The zero-order chi connectivity index (χ0) is 19.8. The van der Waals surface area contributed by atoms with E-state index in [-0.39, 0.29) is 22.5 Å². The van der Waals surface area contributed by atoms with Crippen LogP contribution in [0.15, 0.2) is 47.5 Å². The maximum atomic E-state index is 12.9. The molecule has 10 heteroatoms. The molecule has 144 valence electrons. The van der Waals surface area contributed by atoms with E-state index in [0.717, 1.165) is 6.07 Å². The lowest BCUT2D eigenvalue weighted by Crippen LogP contribution is -2.30. The van der Waals surface area contributed by atoms with Gasteiger partial charge in [0.05, 0.1) is 11.0 Å². The molecule has 0 bridgehead atoms.